The van der Waals surface area contributed by atoms with E-state index in [1.165, 1.54) is 29.2 Å². The molecule has 0 bridgehead atoms. The lowest BCUT2D eigenvalue weighted by Gasteiger charge is -2.19. The van der Waals surface area contributed by atoms with Gasteiger partial charge in [-0.1, -0.05) is 12.1 Å². The van der Waals surface area contributed by atoms with E-state index in [0.717, 1.165) is 5.52 Å². The second-order valence-electron chi connectivity index (χ2n) is 5.09. The number of rotatable bonds is 2. The van der Waals surface area contributed by atoms with Crippen LogP contribution in [0, 0.1) is 0 Å². The molecule has 0 radical (unpaired) electrons. The number of hydrogen-bond acceptors (Lipinski definition) is 3. The molecule has 2 aromatic rings. The van der Waals surface area contributed by atoms with Gasteiger partial charge in [-0.25, -0.2) is 4.98 Å². The van der Waals surface area contributed by atoms with Gasteiger partial charge >= 0.3 is 0 Å². The van der Waals surface area contributed by atoms with Crippen LogP contribution in [0.5, 0.6) is 0 Å². The summed E-state index contributed by atoms with van der Waals surface area (Å²) in [6.45, 7) is 6.96. The summed E-state index contributed by atoms with van der Waals surface area (Å²) in [6.07, 6.45) is 1.26. The number of likely N-dealkylation sites (tertiary alicyclic amines) is 1. The number of nitrogens with zero attached hydrogens (tertiary/aromatic N) is 2. The monoisotopic (exact) mass is 246 g/mol. The first-order chi connectivity index (χ1) is 8.24. The van der Waals surface area contributed by atoms with Crippen molar-refractivity contribution in [1.29, 1.82) is 0 Å². The third-order valence-electron chi connectivity index (χ3n) is 3.61. The Kier molecular flexibility index (Phi) is 2.89. The van der Waals surface area contributed by atoms with Gasteiger partial charge in [0.15, 0.2) is 0 Å². The van der Waals surface area contributed by atoms with Crippen molar-refractivity contribution in [3.8, 4) is 0 Å². The third kappa shape index (κ3) is 2.09. The van der Waals surface area contributed by atoms with E-state index in [1.807, 2.05) is 11.3 Å². The zero-order chi connectivity index (χ0) is 11.8. The molecule has 1 aliphatic rings. The van der Waals surface area contributed by atoms with Gasteiger partial charge in [0, 0.05) is 18.5 Å². The highest BCUT2D eigenvalue weighted by atomic mass is 32.1. The summed E-state index contributed by atoms with van der Waals surface area (Å²) in [4.78, 5) is 7.33. The van der Waals surface area contributed by atoms with Gasteiger partial charge < -0.3 is 4.90 Å². The molecule has 0 spiro atoms. The molecule has 0 saturated carbocycles. The molecule has 3 heteroatoms. The molecule has 0 N–H and O–H groups in total. The SMILES string of the molecule is CC(C)N1CCC(c2nc3ccccc3s2)C1. The zero-order valence-electron chi connectivity index (χ0n) is 10.4. The van der Waals surface area contributed by atoms with Crippen LogP contribution >= 0.6 is 11.3 Å². The summed E-state index contributed by atoms with van der Waals surface area (Å²) in [5.41, 5.74) is 1.16. The van der Waals surface area contributed by atoms with Crippen LogP contribution < -0.4 is 0 Å². The normalized spacial score (nSPS) is 21.7. The van der Waals surface area contributed by atoms with E-state index in [4.69, 9.17) is 4.98 Å². The minimum absolute atomic E-state index is 0.648. The van der Waals surface area contributed by atoms with E-state index < -0.39 is 0 Å². The molecule has 1 aromatic carbocycles. The number of benzene rings is 1. The summed E-state index contributed by atoms with van der Waals surface area (Å²) in [5.74, 6) is 0.648. The highest BCUT2D eigenvalue weighted by Crippen LogP contribution is 2.33. The molecule has 1 saturated heterocycles. The van der Waals surface area contributed by atoms with E-state index in [9.17, 15) is 0 Å². The van der Waals surface area contributed by atoms with Gasteiger partial charge in [0.25, 0.3) is 0 Å². The minimum Gasteiger partial charge on any atom is -0.300 e. The maximum Gasteiger partial charge on any atom is 0.0982 e. The zero-order valence-corrected chi connectivity index (χ0v) is 11.2. The standard InChI is InChI=1S/C14H18N2S/c1-10(2)16-8-7-11(9-16)14-15-12-5-3-4-6-13(12)17-14/h3-6,10-11H,7-9H2,1-2H3. The van der Waals surface area contributed by atoms with Crippen molar-refractivity contribution in [2.24, 2.45) is 0 Å². The molecule has 1 aromatic heterocycles. The van der Waals surface area contributed by atoms with E-state index in [-0.39, 0.29) is 0 Å². The average Bonchev–Trinajstić information content (AvgIpc) is 2.95. The predicted octanol–water partition coefficient (Wildman–Crippen LogP) is 3.49. The molecule has 1 unspecified atom stereocenters. The van der Waals surface area contributed by atoms with E-state index in [0.29, 0.717) is 12.0 Å². The Balaban J connectivity index is 1.85. The Morgan fingerprint density at radius 2 is 2.18 bits per heavy atom. The molecule has 17 heavy (non-hydrogen) atoms. The summed E-state index contributed by atoms with van der Waals surface area (Å²) in [6, 6.07) is 9.12. The highest BCUT2D eigenvalue weighted by Gasteiger charge is 2.27. The summed E-state index contributed by atoms with van der Waals surface area (Å²) < 4.78 is 1.32. The van der Waals surface area contributed by atoms with Crippen molar-refractivity contribution in [2.75, 3.05) is 13.1 Å². The lowest BCUT2D eigenvalue weighted by atomic mass is 10.1. The maximum absolute atomic E-state index is 4.78. The fourth-order valence-corrected chi connectivity index (χ4v) is 3.62. The van der Waals surface area contributed by atoms with Gasteiger partial charge in [-0.05, 0) is 38.9 Å². The van der Waals surface area contributed by atoms with E-state index in [1.54, 1.807) is 0 Å². The van der Waals surface area contributed by atoms with Crippen molar-refractivity contribution in [1.82, 2.24) is 9.88 Å². The summed E-state index contributed by atoms with van der Waals surface area (Å²) in [7, 11) is 0. The van der Waals surface area contributed by atoms with Gasteiger partial charge in [-0.15, -0.1) is 11.3 Å². The second kappa shape index (κ2) is 4.39. The van der Waals surface area contributed by atoms with Gasteiger partial charge in [-0.2, -0.15) is 0 Å². The first-order valence-electron chi connectivity index (χ1n) is 6.33. The Hall–Kier alpha value is -0.930. The molecular formula is C14H18N2S. The predicted molar refractivity (Wildman–Crippen MR) is 73.7 cm³/mol. The van der Waals surface area contributed by atoms with Crippen molar-refractivity contribution in [3.05, 3.63) is 29.3 Å². The lowest BCUT2D eigenvalue weighted by Crippen LogP contribution is -2.27. The number of fused-ring (bicyclic) bond motifs is 1. The smallest absolute Gasteiger partial charge is 0.0982 e. The molecule has 1 fully saturated rings. The van der Waals surface area contributed by atoms with Crippen molar-refractivity contribution in [3.63, 3.8) is 0 Å². The highest BCUT2D eigenvalue weighted by molar-refractivity contribution is 7.18. The fourth-order valence-electron chi connectivity index (χ4n) is 2.52. The van der Waals surface area contributed by atoms with Crippen molar-refractivity contribution in [2.45, 2.75) is 32.2 Å². The van der Waals surface area contributed by atoms with Crippen LogP contribution in [0.3, 0.4) is 0 Å². The fraction of sp³-hybridized carbons (Fsp3) is 0.500. The molecule has 3 rings (SSSR count). The molecule has 0 aliphatic carbocycles. The van der Waals surface area contributed by atoms with E-state index in [2.05, 4.69) is 43.0 Å². The van der Waals surface area contributed by atoms with Crippen LogP contribution in [-0.2, 0) is 0 Å². The largest absolute Gasteiger partial charge is 0.300 e. The van der Waals surface area contributed by atoms with Crippen LogP contribution in [0.2, 0.25) is 0 Å². The molecule has 2 nitrogen and oxygen atoms in total. The minimum atomic E-state index is 0.648. The Morgan fingerprint density at radius 1 is 1.35 bits per heavy atom. The molecule has 0 amide bonds. The molecule has 2 heterocycles. The van der Waals surface area contributed by atoms with Crippen LogP contribution in [0.15, 0.2) is 24.3 Å². The van der Waals surface area contributed by atoms with Gasteiger partial charge in [0.05, 0.1) is 15.2 Å². The number of thiazole rings is 1. The average molecular weight is 246 g/mol. The van der Waals surface area contributed by atoms with Gasteiger partial charge in [-0.3, -0.25) is 0 Å². The Morgan fingerprint density at radius 3 is 2.88 bits per heavy atom. The van der Waals surface area contributed by atoms with Crippen LogP contribution in [-0.4, -0.2) is 29.0 Å². The molecule has 1 atom stereocenters. The van der Waals surface area contributed by atoms with E-state index >= 15 is 0 Å². The number of para-hydroxylation sites is 1. The van der Waals surface area contributed by atoms with Crippen LogP contribution in [0.25, 0.3) is 10.2 Å². The summed E-state index contributed by atoms with van der Waals surface area (Å²) in [5, 5.41) is 1.33. The van der Waals surface area contributed by atoms with Crippen molar-refractivity contribution >= 4 is 21.6 Å². The number of hydrogen-bond donors (Lipinski definition) is 0. The maximum atomic E-state index is 4.78. The first kappa shape index (κ1) is 11.2. The Bertz CT molecular complexity index is 485. The van der Waals surface area contributed by atoms with Crippen molar-refractivity contribution < 1.29 is 0 Å². The molecule has 90 valence electrons. The lowest BCUT2D eigenvalue weighted by molar-refractivity contribution is 0.272. The Labute approximate surface area is 106 Å². The number of aromatic nitrogens is 1. The first-order valence-corrected chi connectivity index (χ1v) is 7.15. The third-order valence-corrected chi connectivity index (χ3v) is 4.81. The van der Waals surface area contributed by atoms with Crippen LogP contribution in [0.4, 0.5) is 0 Å². The quantitative estimate of drug-likeness (QED) is 0.806. The van der Waals surface area contributed by atoms with Crippen LogP contribution in [0.1, 0.15) is 31.2 Å². The topological polar surface area (TPSA) is 16.1 Å². The molecular weight excluding hydrogens is 228 g/mol. The van der Waals surface area contributed by atoms with Gasteiger partial charge in [0.2, 0.25) is 0 Å². The summed E-state index contributed by atoms with van der Waals surface area (Å²) >= 11 is 1.87. The van der Waals surface area contributed by atoms with Gasteiger partial charge in [0.1, 0.15) is 0 Å². The molecule has 1 aliphatic heterocycles. The second-order valence-corrected chi connectivity index (χ2v) is 6.16.